The van der Waals surface area contributed by atoms with E-state index in [1.807, 2.05) is 0 Å². The van der Waals surface area contributed by atoms with E-state index < -0.39 is 17.8 Å². The lowest BCUT2D eigenvalue weighted by atomic mass is 10.00. The third-order valence-electron chi connectivity index (χ3n) is 2.55. The Morgan fingerprint density at radius 1 is 1.28 bits per heavy atom. The quantitative estimate of drug-likeness (QED) is 0.908. The van der Waals surface area contributed by atoms with Gasteiger partial charge in [-0.05, 0) is 18.6 Å². The second-order valence-corrected chi connectivity index (χ2v) is 5.11. The maximum Gasteiger partial charge on any atom is 0.416 e. The maximum atomic E-state index is 12.9. The molecule has 0 aliphatic rings. The molecule has 96 valence electrons. The Bertz CT molecular complexity index is 548. The highest BCUT2D eigenvalue weighted by atomic mass is 32.1. The number of thiazole rings is 1. The number of nitrogens with two attached hydrogens (primary N) is 1. The molecular formula is C12H11F3N2S. The Morgan fingerprint density at radius 2 is 1.94 bits per heavy atom. The summed E-state index contributed by atoms with van der Waals surface area (Å²) in [5, 5.41) is 0.782. The molecule has 1 aromatic heterocycles. The van der Waals surface area contributed by atoms with E-state index in [-0.39, 0.29) is 5.56 Å². The van der Waals surface area contributed by atoms with E-state index in [1.165, 1.54) is 29.7 Å². The van der Waals surface area contributed by atoms with Crippen LogP contribution in [0.4, 0.5) is 13.2 Å². The van der Waals surface area contributed by atoms with E-state index in [9.17, 15) is 13.2 Å². The minimum absolute atomic E-state index is 0.0775. The van der Waals surface area contributed by atoms with Crippen LogP contribution in [0.1, 0.15) is 27.1 Å². The molecule has 0 spiro atoms. The van der Waals surface area contributed by atoms with Gasteiger partial charge in [0.15, 0.2) is 0 Å². The second kappa shape index (κ2) is 4.70. The Kier molecular flexibility index (Phi) is 3.41. The van der Waals surface area contributed by atoms with Gasteiger partial charge in [-0.15, -0.1) is 11.3 Å². The van der Waals surface area contributed by atoms with Gasteiger partial charge in [0.05, 0.1) is 16.6 Å². The van der Waals surface area contributed by atoms with Crippen molar-refractivity contribution < 1.29 is 13.2 Å². The van der Waals surface area contributed by atoms with Gasteiger partial charge < -0.3 is 5.73 Å². The lowest BCUT2D eigenvalue weighted by molar-refractivity contribution is -0.138. The summed E-state index contributed by atoms with van der Waals surface area (Å²) in [6.45, 7) is 1.79. The zero-order valence-electron chi connectivity index (χ0n) is 9.53. The SMILES string of the molecule is Cc1ncc(C(N)c2ccccc2C(F)(F)F)s1. The van der Waals surface area contributed by atoms with Crippen LogP contribution >= 0.6 is 11.3 Å². The largest absolute Gasteiger partial charge is 0.416 e. The second-order valence-electron chi connectivity index (χ2n) is 3.84. The third kappa shape index (κ3) is 2.54. The molecule has 1 heterocycles. The number of rotatable bonds is 2. The van der Waals surface area contributed by atoms with Crippen LogP contribution in [0.25, 0.3) is 0 Å². The fourth-order valence-electron chi connectivity index (χ4n) is 1.70. The number of aryl methyl sites for hydroxylation is 1. The van der Waals surface area contributed by atoms with Crippen molar-refractivity contribution in [3.05, 3.63) is 51.5 Å². The fraction of sp³-hybridized carbons (Fsp3) is 0.250. The van der Waals surface area contributed by atoms with E-state index in [0.29, 0.717) is 4.88 Å². The van der Waals surface area contributed by atoms with Crippen molar-refractivity contribution in [1.82, 2.24) is 4.98 Å². The van der Waals surface area contributed by atoms with Crippen molar-refractivity contribution in [2.45, 2.75) is 19.1 Å². The monoisotopic (exact) mass is 272 g/mol. The smallest absolute Gasteiger partial charge is 0.320 e. The summed E-state index contributed by atoms with van der Waals surface area (Å²) in [7, 11) is 0. The molecule has 2 N–H and O–H groups in total. The first-order chi connectivity index (χ1) is 8.39. The topological polar surface area (TPSA) is 38.9 Å². The zero-order chi connectivity index (χ0) is 13.3. The molecule has 0 aliphatic carbocycles. The van der Waals surface area contributed by atoms with Crippen molar-refractivity contribution >= 4 is 11.3 Å². The summed E-state index contributed by atoms with van der Waals surface area (Å²) in [6, 6.07) is 4.56. The van der Waals surface area contributed by atoms with Crippen molar-refractivity contribution in [2.75, 3.05) is 0 Å². The van der Waals surface area contributed by atoms with Crippen LogP contribution in [0.2, 0.25) is 0 Å². The number of nitrogens with zero attached hydrogens (tertiary/aromatic N) is 1. The molecule has 0 bridgehead atoms. The van der Waals surface area contributed by atoms with Gasteiger partial charge in [0.2, 0.25) is 0 Å². The summed E-state index contributed by atoms with van der Waals surface area (Å²) in [6.07, 6.45) is -2.87. The Labute approximate surface area is 106 Å². The molecule has 1 unspecified atom stereocenters. The summed E-state index contributed by atoms with van der Waals surface area (Å²) in [5.74, 6) is 0. The number of alkyl halides is 3. The van der Waals surface area contributed by atoms with Gasteiger partial charge in [-0.25, -0.2) is 4.98 Å². The van der Waals surface area contributed by atoms with Crippen LogP contribution in [0.5, 0.6) is 0 Å². The van der Waals surface area contributed by atoms with Crippen LogP contribution < -0.4 is 5.73 Å². The lowest BCUT2D eigenvalue weighted by Gasteiger charge is -2.16. The maximum absolute atomic E-state index is 12.9. The minimum atomic E-state index is -4.39. The first-order valence-corrected chi connectivity index (χ1v) is 6.05. The van der Waals surface area contributed by atoms with E-state index in [0.717, 1.165) is 11.1 Å². The highest BCUT2D eigenvalue weighted by Gasteiger charge is 2.34. The number of hydrogen-bond acceptors (Lipinski definition) is 3. The molecule has 2 aromatic rings. The average Bonchev–Trinajstić information content (AvgIpc) is 2.74. The van der Waals surface area contributed by atoms with Gasteiger partial charge in [0.25, 0.3) is 0 Å². The van der Waals surface area contributed by atoms with Gasteiger partial charge in [-0.2, -0.15) is 13.2 Å². The average molecular weight is 272 g/mol. The number of hydrogen-bond donors (Lipinski definition) is 1. The molecule has 1 aromatic carbocycles. The van der Waals surface area contributed by atoms with Crippen LogP contribution in [0.15, 0.2) is 30.5 Å². The van der Waals surface area contributed by atoms with Crippen LogP contribution in [0.3, 0.4) is 0 Å². The standard InChI is InChI=1S/C12H11F3N2S/c1-7-17-6-10(18-7)11(16)8-4-2-3-5-9(8)12(13,14)15/h2-6,11H,16H2,1H3. The molecule has 0 saturated heterocycles. The van der Waals surface area contributed by atoms with Crippen LogP contribution in [-0.4, -0.2) is 4.98 Å². The van der Waals surface area contributed by atoms with E-state index >= 15 is 0 Å². The van der Waals surface area contributed by atoms with Crippen molar-refractivity contribution in [2.24, 2.45) is 5.73 Å². The zero-order valence-corrected chi connectivity index (χ0v) is 10.3. The highest BCUT2D eigenvalue weighted by Crippen LogP contribution is 2.36. The number of halogens is 3. The fourth-order valence-corrected chi connectivity index (χ4v) is 2.51. The van der Waals surface area contributed by atoms with E-state index in [4.69, 9.17) is 5.73 Å². The van der Waals surface area contributed by atoms with Crippen molar-refractivity contribution in [3.63, 3.8) is 0 Å². The Hall–Kier alpha value is -1.40. The molecule has 2 nitrogen and oxygen atoms in total. The van der Waals surface area contributed by atoms with E-state index in [2.05, 4.69) is 4.98 Å². The molecular weight excluding hydrogens is 261 g/mol. The van der Waals surface area contributed by atoms with Gasteiger partial charge in [-0.1, -0.05) is 18.2 Å². The number of aromatic nitrogens is 1. The van der Waals surface area contributed by atoms with Crippen molar-refractivity contribution in [1.29, 1.82) is 0 Å². The number of benzene rings is 1. The van der Waals surface area contributed by atoms with Crippen LogP contribution in [0, 0.1) is 6.92 Å². The molecule has 1 atom stereocenters. The summed E-state index contributed by atoms with van der Waals surface area (Å²) >= 11 is 1.31. The normalized spacial score (nSPS) is 13.6. The van der Waals surface area contributed by atoms with Gasteiger partial charge in [0.1, 0.15) is 0 Å². The molecule has 2 rings (SSSR count). The molecule has 0 fully saturated rings. The first-order valence-electron chi connectivity index (χ1n) is 5.23. The Morgan fingerprint density at radius 3 is 2.50 bits per heavy atom. The predicted octanol–water partition coefficient (Wildman–Crippen LogP) is 3.52. The summed E-state index contributed by atoms with van der Waals surface area (Å²) in [4.78, 5) is 4.64. The predicted molar refractivity (Wildman–Crippen MR) is 64.3 cm³/mol. The first kappa shape index (κ1) is 13.0. The minimum Gasteiger partial charge on any atom is -0.320 e. The van der Waals surface area contributed by atoms with Crippen molar-refractivity contribution in [3.8, 4) is 0 Å². The molecule has 0 saturated carbocycles. The summed E-state index contributed by atoms with van der Waals surface area (Å²) in [5.41, 5.74) is 5.28. The summed E-state index contributed by atoms with van der Waals surface area (Å²) < 4.78 is 38.6. The van der Waals surface area contributed by atoms with Gasteiger partial charge in [-0.3, -0.25) is 0 Å². The molecule has 18 heavy (non-hydrogen) atoms. The molecule has 0 aliphatic heterocycles. The van der Waals surface area contributed by atoms with E-state index in [1.54, 1.807) is 13.0 Å². The molecule has 6 heteroatoms. The van der Waals surface area contributed by atoms with Gasteiger partial charge >= 0.3 is 6.18 Å². The molecule has 0 radical (unpaired) electrons. The highest BCUT2D eigenvalue weighted by molar-refractivity contribution is 7.11. The lowest BCUT2D eigenvalue weighted by Crippen LogP contribution is -2.17. The van der Waals surface area contributed by atoms with Crippen LogP contribution in [-0.2, 0) is 6.18 Å². The Balaban J connectivity index is 2.45. The molecule has 0 amide bonds. The third-order valence-corrected chi connectivity index (χ3v) is 3.54. The van der Waals surface area contributed by atoms with Gasteiger partial charge in [0, 0.05) is 11.1 Å².